The van der Waals surface area contributed by atoms with Gasteiger partial charge in [0.1, 0.15) is 11.5 Å². The molecule has 0 aliphatic heterocycles. The predicted molar refractivity (Wildman–Crippen MR) is 119 cm³/mol. The number of nitrogens with one attached hydrogen (secondary N) is 1. The minimum Gasteiger partial charge on any atom is -0.481 e. The molecule has 0 fully saturated rings. The number of amides is 1. The van der Waals surface area contributed by atoms with E-state index in [0.717, 1.165) is 11.1 Å². The molecule has 1 amide bonds. The second kappa shape index (κ2) is 9.26. The van der Waals surface area contributed by atoms with Crippen LogP contribution in [0.5, 0.6) is 5.75 Å². The Labute approximate surface area is 182 Å². The van der Waals surface area contributed by atoms with Crippen LogP contribution in [0.25, 0.3) is 0 Å². The molecule has 31 heavy (non-hydrogen) atoms. The Bertz CT molecular complexity index is 1140. The number of furan rings is 1. The molecule has 0 saturated heterocycles. The third kappa shape index (κ3) is 5.27. The van der Waals surface area contributed by atoms with Crippen molar-refractivity contribution in [3.63, 3.8) is 0 Å². The van der Waals surface area contributed by atoms with E-state index in [4.69, 9.17) is 9.15 Å². The van der Waals surface area contributed by atoms with Crippen molar-refractivity contribution < 1.29 is 22.4 Å². The van der Waals surface area contributed by atoms with Crippen LogP contribution in [-0.2, 0) is 21.4 Å². The molecule has 0 unspecified atom stereocenters. The number of carbonyl (C=O) groups is 1. The molecule has 1 N–H and O–H groups in total. The lowest BCUT2D eigenvalue weighted by atomic mass is 10.1. The van der Waals surface area contributed by atoms with Gasteiger partial charge in [-0.2, -0.15) is 0 Å². The van der Waals surface area contributed by atoms with E-state index >= 15 is 0 Å². The molecular weight excluding hydrogens is 416 g/mol. The van der Waals surface area contributed by atoms with E-state index in [1.165, 1.54) is 11.4 Å². The van der Waals surface area contributed by atoms with Gasteiger partial charge in [0.05, 0.1) is 23.4 Å². The molecule has 1 atom stereocenters. The van der Waals surface area contributed by atoms with Crippen molar-refractivity contribution in [2.24, 2.45) is 0 Å². The highest BCUT2D eigenvalue weighted by molar-refractivity contribution is 7.92. The van der Waals surface area contributed by atoms with Gasteiger partial charge in [-0.25, -0.2) is 8.42 Å². The van der Waals surface area contributed by atoms with Crippen molar-refractivity contribution in [2.75, 3.05) is 11.4 Å². The highest BCUT2D eigenvalue weighted by Gasteiger charge is 2.22. The van der Waals surface area contributed by atoms with Crippen LogP contribution in [0, 0.1) is 13.8 Å². The molecule has 0 bridgehead atoms. The minimum absolute atomic E-state index is 0.236. The van der Waals surface area contributed by atoms with E-state index in [1.54, 1.807) is 67.8 Å². The number of ether oxygens (including phenoxy) is 1. The Hall–Kier alpha value is -3.26. The average molecular weight is 443 g/mol. The summed E-state index contributed by atoms with van der Waals surface area (Å²) in [6, 6.07) is 15.1. The van der Waals surface area contributed by atoms with E-state index < -0.39 is 16.1 Å². The molecule has 3 rings (SSSR count). The Morgan fingerprint density at radius 1 is 1.10 bits per heavy atom. The van der Waals surface area contributed by atoms with Gasteiger partial charge < -0.3 is 14.5 Å². The van der Waals surface area contributed by atoms with Gasteiger partial charge in [-0.05, 0) is 80.4 Å². The van der Waals surface area contributed by atoms with Crippen molar-refractivity contribution in [1.82, 2.24) is 5.32 Å². The van der Waals surface area contributed by atoms with Crippen LogP contribution >= 0.6 is 0 Å². The minimum atomic E-state index is -3.69. The first-order chi connectivity index (χ1) is 14.7. The number of anilines is 1. The summed E-state index contributed by atoms with van der Waals surface area (Å²) in [6.07, 6.45) is 0.818. The van der Waals surface area contributed by atoms with E-state index in [9.17, 15) is 13.2 Å². The normalized spacial score (nSPS) is 12.3. The maximum Gasteiger partial charge on any atom is 0.264 e. The maximum atomic E-state index is 13.0. The molecule has 1 aromatic heterocycles. The van der Waals surface area contributed by atoms with Crippen LogP contribution in [0.2, 0.25) is 0 Å². The molecule has 8 heteroatoms. The molecule has 3 aromatic rings. The first-order valence-corrected chi connectivity index (χ1v) is 11.3. The number of aryl methyl sites for hydroxylation is 2. The standard InChI is InChI=1S/C23H26N2O5S/c1-16-7-12-22(14-17(16)2)31(27,28)25(4)19-8-10-20(11-9-19)30-18(3)23(26)24-15-21-6-5-13-29-21/h5-14,18H,15H2,1-4H3,(H,24,26)/t18-/m1/s1. The SMILES string of the molecule is Cc1ccc(S(=O)(=O)N(C)c2ccc(O[C@H](C)C(=O)NCc3ccco3)cc2)cc1C. The molecule has 1 heterocycles. The maximum absolute atomic E-state index is 13.0. The lowest BCUT2D eigenvalue weighted by Gasteiger charge is -2.21. The summed E-state index contributed by atoms with van der Waals surface area (Å²) in [5, 5.41) is 2.74. The molecular formula is C23H26N2O5S. The summed E-state index contributed by atoms with van der Waals surface area (Å²) in [4.78, 5) is 12.4. The first kappa shape index (κ1) is 22.4. The number of carbonyl (C=O) groups excluding carboxylic acids is 1. The largest absolute Gasteiger partial charge is 0.481 e. The summed E-state index contributed by atoms with van der Waals surface area (Å²) in [5.74, 6) is 0.828. The molecule has 7 nitrogen and oxygen atoms in total. The van der Waals surface area contributed by atoms with Crippen LogP contribution in [0.4, 0.5) is 5.69 Å². The fraction of sp³-hybridized carbons (Fsp3) is 0.261. The van der Waals surface area contributed by atoms with Crippen LogP contribution in [0.15, 0.2) is 70.2 Å². The summed E-state index contributed by atoms with van der Waals surface area (Å²) in [5.41, 5.74) is 2.43. The number of rotatable bonds is 8. The van der Waals surface area contributed by atoms with E-state index in [2.05, 4.69) is 5.32 Å². The Kier molecular flexibility index (Phi) is 6.70. The molecule has 164 valence electrons. The van der Waals surface area contributed by atoms with Gasteiger partial charge in [-0.1, -0.05) is 6.07 Å². The topological polar surface area (TPSA) is 88.8 Å². The van der Waals surface area contributed by atoms with Crippen LogP contribution < -0.4 is 14.4 Å². The van der Waals surface area contributed by atoms with Gasteiger partial charge in [0.25, 0.3) is 15.9 Å². The summed E-state index contributed by atoms with van der Waals surface area (Å²) in [7, 11) is -2.18. The second-order valence-corrected chi connectivity index (χ2v) is 9.24. The zero-order valence-electron chi connectivity index (χ0n) is 18.0. The van der Waals surface area contributed by atoms with Crippen molar-refractivity contribution in [2.45, 2.75) is 38.3 Å². The van der Waals surface area contributed by atoms with E-state index in [-0.39, 0.29) is 17.3 Å². The van der Waals surface area contributed by atoms with Gasteiger partial charge >= 0.3 is 0 Å². The molecule has 0 radical (unpaired) electrons. The molecule has 0 aliphatic rings. The van der Waals surface area contributed by atoms with Gasteiger partial charge in [0.15, 0.2) is 6.10 Å². The number of nitrogens with zero attached hydrogens (tertiary/aromatic N) is 1. The van der Waals surface area contributed by atoms with Crippen molar-refractivity contribution >= 4 is 21.6 Å². The Morgan fingerprint density at radius 2 is 1.81 bits per heavy atom. The summed E-state index contributed by atoms with van der Waals surface area (Å²) >= 11 is 0. The van der Waals surface area contributed by atoms with Gasteiger partial charge in [-0.15, -0.1) is 0 Å². The molecule has 2 aromatic carbocycles. The quantitative estimate of drug-likeness (QED) is 0.573. The van der Waals surface area contributed by atoms with Gasteiger partial charge in [0.2, 0.25) is 0 Å². The highest BCUT2D eigenvalue weighted by atomic mass is 32.2. The summed E-state index contributed by atoms with van der Waals surface area (Å²) < 4.78 is 38.0. The second-order valence-electron chi connectivity index (χ2n) is 7.27. The third-order valence-electron chi connectivity index (χ3n) is 5.04. The first-order valence-electron chi connectivity index (χ1n) is 9.81. The summed E-state index contributed by atoms with van der Waals surface area (Å²) in [6.45, 7) is 5.74. The lowest BCUT2D eigenvalue weighted by Crippen LogP contribution is -2.35. The highest BCUT2D eigenvalue weighted by Crippen LogP contribution is 2.25. The van der Waals surface area contributed by atoms with E-state index in [1.807, 2.05) is 13.8 Å². The third-order valence-corrected chi connectivity index (χ3v) is 6.82. The lowest BCUT2D eigenvalue weighted by molar-refractivity contribution is -0.127. The van der Waals surface area contributed by atoms with Crippen LogP contribution in [-0.4, -0.2) is 27.5 Å². The number of benzene rings is 2. The van der Waals surface area contributed by atoms with Crippen molar-refractivity contribution in [3.8, 4) is 5.75 Å². The van der Waals surface area contributed by atoms with Crippen LogP contribution in [0.3, 0.4) is 0 Å². The number of hydrogen-bond donors (Lipinski definition) is 1. The monoisotopic (exact) mass is 442 g/mol. The van der Waals surface area contributed by atoms with Gasteiger partial charge in [0, 0.05) is 7.05 Å². The van der Waals surface area contributed by atoms with Crippen LogP contribution in [0.1, 0.15) is 23.8 Å². The number of sulfonamides is 1. The van der Waals surface area contributed by atoms with E-state index in [0.29, 0.717) is 17.2 Å². The fourth-order valence-electron chi connectivity index (χ4n) is 2.89. The van der Waals surface area contributed by atoms with Gasteiger partial charge in [-0.3, -0.25) is 9.10 Å². The zero-order chi connectivity index (χ0) is 22.6. The molecule has 0 aliphatic carbocycles. The van der Waals surface area contributed by atoms with Crippen molar-refractivity contribution in [3.05, 3.63) is 77.7 Å². The predicted octanol–water partition coefficient (Wildman–Crippen LogP) is 3.81. The number of hydrogen-bond acceptors (Lipinski definition) is 5. The van der Waals surface area contributed by atoms with Crippen molar-refractivity contribution in [1.29, 1.82) is 0 Å². The Morgan fingerprint density at radius 3 is 2.42 bits per heavy atom. The average Bonchev–Trinajstić information content (AvgIpc) is 3.27. The zero-order valence-corrected chi connectivity index (χ0v) is 18.8. The fourth-order valence-corrected chi connectivity index (χ4v) is 4.18. The molecule has 0 spiro atoms. The smallest absolute Gasteiger partial charge is 0.264 e. The molecule has 0 saturated carbocycles. The Balaban J connectivity index is 1.64.